The van der Waals surface area contributed by atoms with Gasteiger partial charge in [0.15, 0.2) is 0 Å². The number of hydrogen-bond acceptors (Lipinski definition) is 3. The molecule has 5 nitrogen and oxygen atoms in total. The lowest BCUT2D eigenvalue weighted by Crippen LogP contribution is -2.40. The molecular formula is C18H26N2O3. The first-order valence-corrected chi connectivity index (χ1v) is 8.30. The Balaban J connectivity index is 2.07. The predicted octanol–water partition coefficient (Wildman–Crippen LogP) is 2.61. The Morgan fingerprint density at radius 3 is 2.48 bits per heavy atom. The summed E-state index contributed by atoms with van der Waals surface area (Å²) in [5, 5.41) is 9.20. The maximum atomic E-state index is 12.5. The largest absolute Gasteiger partial charge is 0.480 e. The molecule has 1 aromatic rings. The molecular weight excluding hydrogens is 292 g/mol. The van der Waals surface area contributed by atoms with Gasteiger partial charge in [0.1, 0.15) is 6.04 Å². The van der Waals surface area contributed by atoms with Gasteiger partial charge in [-0.05, 0) is 50.9 Å². The molecule has 1 fully saturated rings. The number of carbonyl (C=O) groups is 2. The number of nitrogens with zero attached hydrogens (tertiary/aromatic N) is 2. The second-order valence-corrected chi connectivity index (χ2v) is 6.35. The lowest BCUT2D eigenvalue weighted by Gasteiger charge is -2.25. The molecule has 126 valence electrons. The fourth-order valence-electron chi connectivity index (χ4n) is 3.08. The van der Waals surface area contributed by atoms with Crippen LogP contribution in [0.15, 0.2) is 24.3 Å². The number of aliphatic carboxylic acids is 1. The summed E-state index contributed by atoms with van der Waals surface area (Å²) in [6, 6.07) is 7.33. The van der Waals surface area contributed by atoms with Gasteiger partial charge in [0.05, 0.1) is 0 Å². The minimum Gasteiger partial charge on any atom is -0.480 e. The van der Waals surface area contributed by atoms with Crippen LogP contribution < -0.4 is 0 Å². The van der Waals surface area contributed by atoms with E-state index < -0.39 is 12.0 Å². The number of carboxylic acids is 1. The van der Waals surface area contributed by atoms with Crippen LogP contribution in [-0.4, -0.2) is 52.0 Å². The lowest BCUT2D eigenvalue weighted by atomic mass is 10.1. The highest BCUT2D eigenvalue weighted by atomic mass is 16.4. The Bertz CT molecular complexity index is 554. The monoisotopic (exact) mass is 318 g/mol. The summed E-state index contributed by atoms with van der Waals surface area (Å²) in [7, 11) is 0. The molecule has 2 rings (SSSR count). The molecule has 5 heteroatoms. The second-order valence-electron chi connectivity index (χ2n) is 6.35. The number of amides is 1. The summed E-state index contributed by atoms with van der Waals surface area (Å²) in [6.07, 6.45) is 1.29. The third-order valence-electron chi connectivity index (χ3n) is 4.52. The van der Waals surface area contributed by atoms with Crippen molar-refractivity contribution in [3.05, 3.63) is 35.4 Å². The van der Waals surface area contributed by atoms with Gasteiger partial charge >= 0.3 is 5.97 Å². The van der Waals surface area contributed by atoms with Crippen molar-refractivity contribution in [2.24, 2.45) is 0 Å². The van der Waals surface area contributed by atoms with E-state index in [0.29, 0.717) is 24.6 Å². The van der Waals surface area contributed by atoms with Gasteiger partial charge in [-0.1, -0.05) is 19.1 Å². The van der Waals surface area contributed by atoms with E-state index in [1.807, 2.05) is 24.3 Å². The fourth-order valence-corrected chi connectivity index (χ4v) is 3.08. The van der Waals surface area contributed by atoms with Crippen LogP contribution in [0.1, 0.15) is 49.5 Å². The summed E-state index contributed by atoms with van der Waals surface area (Å²) in [5.74, 6) is -1.10. The van der Waals surface area contributed by atoms with Crippen molar-refractivity contribution >= 4 is 11.9 Å². The Kier molecular flexibility index (Phi) is 5.77. The third-order valence-corrected chi connectivity index (χ3v) is 4.52. The van der Waals surface area contributed by atoms with Crippen LogP contribution in [0, 0.1) is 0 Å². The highest BCUT2D eigenvalue weighted by Gasteiger charge is 2.34. The molecule has 0 saturated carbocycles. The molecule has 0 aliphatic carbocycles. The summed E-state index contributed by atoms with van der Waals surface area (Å²) in [5.41, 5.74) is 1.72. The summed E-state index contributed by atoms with van der Waals surface area (Å²) >= 11 is 0. The average Bonchev–Trinajstić information content (AvgIpc) is 3.02. The van der Waals surface area contributed by atoms with Gasteiger partial charge in [0.2, 0.25) is 0 Å². The van der Waals surface area contributed by atoms with Crippen LogP contribution in [-0.2, 0) is 11.3 Å². The van der Waals surface area contributed by atoms with Crippen molar-refractivity contribution in [1.82, 2.24) is 9.80 Å². The molecule has 1 aromatic carbocycles. The highest BCUT2D eigenvalue weighted by molar-refractivity contribution is 5.97. The van der Waals surface area contributed by atoms with Crippen LogP contribution in [0.2, 0.25) is 0 Å². The fraction of sp³-hybridized carbons (Fsp3) is 0.556. The van der Waals surface area contributed by atoms with Gasteiger partial charge in [-0.25, -0.2) is 4.79 Å². The SMILES string of the molecule is CCN(Cc1ccc(C(=O)N2CCCC2C(=O)O)cc1)C(C)C. The Morgan fingerprint density at radius 1 is 1.30 bits per heavy atom. The zero-order valence-electron chi connectivity index (χ0n) is 14.2. The van der Waals surface area contributed by atoms with Crippen LogP contribution in [0.3, 0.4) is 0 Å². The zero-order valence-corrected chi connectivity index (χ0v) is 14.2. The molecule has 0 bridgehead atoms. The Hall–Kier alpha value is -1.88. The van der Waals surface area contributed by atoms with Crippen LogP contribution >= 0.6 is 0 Å². The Morgan fingerprint density at radius 2 is 1.96 bits per heavy atom. The van der Waals surface area contributed by atoms with Gasteiger partial charge in [0, 0.05) is 24.7 Å². The number of carbonyl (C=O) groups excluding carboxylic acids is 1. The van der Waals surface area contributed by atoms with E-state index in [0.717, 1.165) is 25.1 Å². The molecule has 23 heavy (non-hydrogen) atoms. The summed E-state index contributed by atoms with van der Waals surface area (Å²) < 4.78 is 0. The molecule has 0 aromatic heterocycles. The molecule has 1 heterocycles. The van der Waals surface area contributed by atoms with E-state index in [9.17, 15) is 14.7 Å². The van der Waals surface area contributed by atoms with Crippen LogP contribution in [0.4, 0.5) is 0 Å². The molecule has 1 amide bonds. The smallest absolute Gasteiger partial charge is 0.326 e. The standard InChI is InChI=1S/C18H26N2O3/c1-4-19(13(2)3)12-14-7-9-15(10-8-14)17(21)20-11-5-6-16(20)18(22)23/h7-10,13,16H,4-6,11-12H2,1-3H3,(H,22,23). The first kappa shape index (κ1) is 17.5. The first-order chi connectivity index (χ1) is 10.9. The molecule has 1 aliphatic heterocycles. The molecule has 1 aliphatic rings. The van der Waals surface area contributed by atoms with Gasteiger partial charge in [-0.3, -0.25) is 9.69 Å². The normalized spacial score (nSPS) is 18.0. The molecule has 0 radical (unpaired) electrons. The molecule has 1 N–H and O–H groups in total. The average molecular weight is 318 g/mol. The number of carboxylic acid groups (broad SMARTS) is 1. The topological polar surface area (TPSA) is 60.9 Å². The molecule has 1 atom stereocenters. The van der Waals surface area contributed by atoms with Crippen molar-refractivity contribution in [3.8, 4) is 0 Å². The van der Waals surface area contributed by atoms with E-state index in [-0.39, 0.29) is 5.91 Å². The van der Waals surface area contributed by atoms with E-state index >= 15 is 0 Å². The summed E-state index contributed by atoms with van der Waals surface area (Å²) in [4.78, 5) is 27.6. The number of rotatable bonds is 6. The number of benzene rings is 1. The Labute approximate surface area is 137 Å². The predicted molar refractivity (Wildman–Crippen MR) is 89.4 cm³/mol. The minimum atomic E-state index is -0.914. The third kappa shape index (κ3) is 4.10. The quantitative estimate of drug-likeness (QED) is 0.876. The van der Waals surface area contributed by atoms with Crippen molar-refractivity contribution in [2.75, 3.05) is 13.1 Å². The summed E-state index contributed by atoms with van der Waals surface area (Å²) in [6.45, 7) is 8.82. The van der Waals surface area contributed by atoms with Crippen LogP contribution in [0.5, 0.6) is 0 Å². The van der Waals surface area contributed by atoms with E-state index in [1.165, 1.54) is 4.90 Å². The van der Waals surface area contributed by atoms with Crippen molar-refractivity contribution in [2.45, 2.75) is 52.2 Å². The van der Waals surface area contributed by atoms with E-state index in [1.54, 1.807) is 0 Å². The number of hydrogen-bond donors (Lipinski definition) is 1. The maximum Gasteiger partial charge on any atom is 0.326 e. The van der Waals surface area contributed by atoms with Crippen LogP contribution in [0.25, 0.3) is 0 Å². The molecule has 1 saturated heterocycles. The van der Waals surface area contributed by atoms with Gasteiger partial charge < -0.3 is 10.0 Å². The zero-order chi connectivity index (χ0) is 17.0. The van der Waals surface area contributed by atoms with Crippen molar-refractivity contribution in [3.63, 3.8) is 0 Å². The second kappa shape index (κ2) is 7.59. The molecule has 0 spiro atoms. The van der Waals surface area contributed by atoms with Gasteiger partial charge in [-0.15, -0.1) is 0 Å². The first-order valence-electron chi connectivity index (χ1n) is 8.30. The lowest BCUT2D eigenvalue weighted by molar-refractivity contribution is -0.141. The van der Waals surface area contributed by atoms with E-state index in [2.05, 4.69) is 25.7 Å². The van der Waals surface area contributed by atoms with Crippen molar-refractivity contribution in [1.29, 1.82) is 0 Å². The highest BCUT2D eigenvalue weighted by Crippen LogP contribution is 2.21. The van der Waals surface area contributed by atoms with Gasteiger partial charge in [0.25, 0.3) is 5.91 Å². The number of likely N-dealkylation sites (tertiary alicyclic amines) is 1. The van der Waals surface area contributed by atoms with Crippen molar-refractivity contribution < 1.29 is 14.7 Å². The molecule has 1 unspecified atom stereocenters. The minimum absolute atomic E-state index is 0.183. The van der Waals surface area contributed by atoms with E-state index in [4.69, 9.17) is 0 Å². The van der Waals surface area contributed by atoms with Gasteiger partial charge in [-0.2, -0.15) is 0 Å². The maximum absolute atomic E-state index is 12.5.